The summed E-state index contributed by atoms with van der Waals surface area (Å²) in [6.45, 7) is 4.27. The smallest absolute Gasteiger partial charge is 0.408 e. The second kappa shape index (κ2) is 14.9. The van der Waals surface area contributed by atoms with Crippen LogP contribution < -0.4 is 10.6 Å². The number of rotatable bonds is 8. The molecule has 3 N–H and O–H groups in total. The van der Waals surface area contributed by atoms with E-state index in [-0.39, 0.29) is 54.5 Å². The summed E-state index contributed by atoms with van der Waals surface area (Å²) in [5, 5.41) is 15.3. The molecule has 0 radical (unpaired) electrons. The summed E-state index contributed by atoms with van der Waals surface area (Å²) in [7, 11) is 0. The molecule has 254 valence electrons. The molecule has 2 aromatic carbocycles. The Morgan fingerprint density at radius 1 is 0.958 bits per heavy atom. The fourth-order valence-corrected chi connectivity index (χ4v) is 6.80. The Morgan fingerprint density at radius 3 is 2.35 bits per heavy atom. The molecule has 4 atom stereocenters. The summed E-state index contributed by atoms with van der Waals surface area (Å²) in [6, 6.07) is 11.1. The van der Waals surface area contributed by atoms with Gasteiger partial charge in [0.1, 0.15) is 12.2 Å². The van der Waals surface area contributed by atoms with Gasteiger partial charge in [-0.15, -0.1) is 0 Å². The number of benzene rings is 2. The zero-order valence-corrected chi connectivity index (χ0v) is 27.3. The molecule has 4 fully saturated rings. The maximum atomic E-state index is 13.9. The molecule has 4 aliphatic rings. The van der Waals surface area contributed by atoms with Gasteiger partial charge in [0.15, 0.2) is 0 Å². The van der Waals surface area contributed by atoms with Gasteiger partial charge in [0.2, 0.25) is 11.8 Å². The SMILES string of the molecule is O=C(NC[C@H]1C[C@@H](NC(=O)[C@@H]2C[C@H](F)CN2C(=O)O)CN1C(=O)C1CC1)c1ccc(C#Cc2ccc(CN3CCOCC3)cc2)cc1Cl. The van der Waals surface area contributed by atoms with Crippen molar-refractivity contribution in [2.24, 2.45) is 5.92 Å². The van der Waals surface area contributed by atoms with E-state index in [1.54, 1.807) is 23.1 Å². The van der Waals surface area contributed by atoms with E-state index in [1.807, 2.05) is 12.1 Å². The highest BCUT2D eigenvalue weighted by Crippen LogP contribution is 2.34. The van der Waals surface area contributed by atoms with Gasteiger partial charge in [0, 0.05) is 62.2 Å². The van der Waals surface area contributed by atoms with Crippen LogP contribution in [0.1, 0.15) is 52.7 Å². The minimum absolute atomic E-state index is 0.0319. The minimum atomic E-state index is -1.41. The Bertz CT molecular complexity index is 1600. The van der Waals surface area contributed by atoms with Crippen molar-refractivity contribution < 1.29 is 33.4 Å². The first-order valence-electron chi connectivity index (χ1n) is 16.4. The molecule has 3 aliphatic heterocycles. The van der Waals surface area contributed by atoms with Gasteiger partial charge in [0.05, 0.1) is 36.4 Å². The predicted octanol–water partition coefficient (Wildman–Crippen LogP) is 2.89. The highest BCUT2D eigenvalue weighted by Gasteiger charge is 2.44. The molecule has 0 unspecified atom stereocenters. The Kier molecular flexibility index (Phi) is 10.5. The van der Waals surface area contributed by atoms with Crippen molar-refractivity contribution in [1.29, 1.82) is 0 Å². The average Bonchev–Trinajstić information content (AvgIpc) is 3.73. The standard InChI is InChI=1S/C35H39ClFN5O6/c36-30-15-23(4-1-22-2-5-24(6-3-22)19-40-11-13-48-14-12-40)7-10-29(30)32(43)38-18-28-17-27(21-41(28)34(45)25-8-9-25)39-33(44)31-16-26(37)20-42(31)35(46)47/h2-3,5-7,10,15,25-28,31H,8-9,11-14,16-21H2,(H,38,43)(H,39,44)(H,46,47)/t26-,27+,28+,31-/m0/s1. The van der Waals surface area contributed by atoms with Crippen LogP contribution in [0.5, 0.6) is 0 Å². The van der Waals surface area contributed by atoms with Crippen LogP contribution in [-0.4, -0.2) is 114 Å². The third-order valence-electron chi connectivity index (χ3n) is 9.30. The minimum Gasteiger partial charge on any atom is -0.465 e. The molecule has 1 aliphatic carbocycles. The third-order valence-corrected chi connectivity index (χ3v) is 9.61. The van der Waals surface area contributed by atoms with Gasteiger partial charge in [-0.2, -0.15) is 0 Å². The van der Waals surface area contributed by atoms with Crippen LogP contribution in [0.3, 0.4) is 0 Å². The van der Waals surface area contributed by atoms with E-state index < -0.39 is 36.2 Å². The quantitative estimate of drug-likeness (QED) is 0.366. The number of halogens is 2. The number of hydrogen-bond donors (Lipinski definition) is 3. The van der Waals surface area contributed by atoms with Crippen molar-refractivity contribution >= 4 is 35.4 Å². The van der Waals surface area contributed by atoms with Crippen molar-refractivity contribution in [2.45, 2.75) is 56.5 Å². The van der Waals surface area contributed by atoms with E-state index in [1.165, 1.54) is 5.56 Å². The average molecular weight is 680 g/mol. The van der Waals surface area contributed by atoms with Crippen LogP contribution in [0.4, 0.5) is 9.18 Å². The number of likely N-dealkylation sites (tertiary alicyclic amines) is 2. The lowest BCUT2D eigenvalue weighted by molar-refractivity contribution is -0.133. The third kappa shape index (κ3) is 8.27. The maximum absolute atomic E-state index is 13.9. The first-order valence-corrected chi connectivity index (χ1v) is 16.8. The summed E-state index contributed by atoms with van der Waals surface area (Å²) < 4.78 is 19.3. The zero-order chi connectivity index (χ0) is 33.8. The molecule has 11 nitrogen and oxygen atoms in total. The topological polar surface area (TPSA) is 132 Å². The number of morpholine rings is 1. The van der Waals surface area contributed by atoms with Crippen molar-refractivity contribution in [2.75, 3.05) is 45.9 Å². The number of ether oxygens (including phenoxy) is 1. The van der Waals surface area contributed by atoms with Gasteiger partial charge >= 0.3 is 6.09 Å². The Labute approximate surface area is 283 Å². The monoisotopic (exact) mass is 679 g/mol. The number of carboxylic acid groups (broad SMARTS) is 1. The molecule has 13 heteroatoms. The van der Waals surface area contributed by atoms with Crippen molar-refractivity contribution in [3.05, 3.63) is 69.7 Å². The van der Waals surface area contributed by atoms with Crippen LogP contribution in [0.15, 0.2) is 42.5 Å². The largest absolute Gasteiger partial charge is 0.465 e. The maximum Gasteiger partial charge on any atom is 0.408 e. The number of nitrogens with one attached hydrogen (secondary N) is 2. The van der Waals surface area contributed by atoms with E-state index in [0.29, 0.717) is 12.0 Å². The van der Waals surface area contributed by atoms with Crippen LogP contribution in [0.25, 0.3) is 0 Å². The Morgan fingerprint density at radius 2 is 1.67 bits per heavy atom. The molecule has 0 bridgehead atoms. The number of alkyl halides is 1. The van der Waals surface area contributed by atoms with Gasteiger partial charge in [-0.1, -0.05) is 35.6 Å². The van der Waals surface area contributed by atoms with Crippen LogP contribution in [0, 0.1) is 17.8 Å². The van der Waals surface area contributed by atoms with Crippen LogP contribution >= 0.6 is 11.6 Å². The molecule has 3 heterocycles. The molecule has 2 aromatic rings. The second-order valence-corrected chi connectivity index (χ2v) is 13.3. The summed E-state index contributed by atoms with van der Waals surface area (Å²) in [4.78, 5) is 55.5. The lowest BCUT2D eigenvalue weighted by atomic mass is 10.1. The second-order valence-electron chi connectivity index (χ2n) is 12.9. The molecule has 4 amide bonds. The molecule has 0 spiro atoms. The summed E-state index contributed by atoms with van der Waals surface area (Å²) in [6.07, 6.45) is -1.01. The van der Waals surface area contributed by atoms with Crippen molar-refractivity contribution in [3.8, 4) is 11.8 Å². The van der Waals surface area contributed by atoms with E-state index in [0.717, 1.165) is 56.2 Å². The Balaban J connectivity index is 1.04. The van der Waals surface area contributed by atoms with Crippen molar-refractivity contribution in [1.82, 2.24) is 25.3 Å². The molecular weight excluding hydrogens is 641 g/mol. The Hall–Kier alpha value is -4.18. The fraction of sp³-hybridized carbons (Fsp3) is 0.486. The van der Waals surface area contributed by atoms with E-state index in [4.69, 9.17) is 16.3 Å². The summed E-state index contributed by atoms with van der Waals surface area (Å²) in [5.41, 5.74) is 3.01. The van der Waals surface area contributed by atoms with E-state index in [2.05, 4.69) is 39.5 Å². The van der Waals surface area contributed by atoms with Gasteiger partial charge in [0.25, 0.3) is 5.91 Å². The molecular formula is C35H39ClFN5O6. The number of carbonyl (C=O) groups excluding carboxylic acids is 3. The molecule has 0 aromatic heterocycles. The predicted molar refractivity (Wildman–Crippen MR) is 175 cm³/mol. The van der Waals surface area contributed by atoms with Gasteiger partial charge in [-0.3, -0.25) is 24.2 Å². The van der Waals surface area contributed by atoms with Crippen LogP contribution in [0.2, 0.25) is 5.02 Å². The molecule has 6 rings (SSSR count). The lowest BCUT2D eigenvalue weighted by Gasteiger charge is -2.26. The summed E-state index contributed by atoms with van der Waals surface area (Å²) >= 11 is 6.50. The molecule has 1 saturated carbocycles. The molecule has 48 heavy (non-hydrogen) atoms. The first-order chi connectivity index (χ1) is 23.1. The number of hydrogen-bond acceptors (Lipinski definition) is 6. The van der Waals surface area contributed by atoms with Crippen molar-refractivity contribution in [3.63, 3.8) is 0 Å². The van der Waals surface area contributed by atoms with Gasteiger partial charge < -0.3 is 25.4 Å². The number of amides is 4. The van der Waals surface area contributed by atoms with Gasteiger partial charge in [-0.25, -0.2) is 9.18 Å². The fourth-order valence-electron chi connectivity index (χ4n) is 6.53. The highest BCUT2D eigenvalue weighted by molar-refractivity contribution is 6.34. The molecule has 3 saturated heterocycles. The lowest BCUT2D eigenvalue weighted by Crippen LogP contribution is -2.49. The first kappa shape index (κ1) is 33.7. The normalized spacial score (nSPS) is 24.1. The van der Waals surface area contributed by atoms with E-state index in [9.17, 15) is 28.7 Å². The number of nitrogens with zero attached hydrogens (tertiary/aromatic N) is 3. The van der Waals surface area contributed by atoms with E-state index >= 15 is 0 Å². The number of carbonyl (C=O) groups is 4. The van der Waals surface area contributed by atoms with Gasteiger partial charge in [-0.05, 0) is 55.2 Å². The van der Waals surface area contributed by atoms with Crippen LogP contribution in [-0.2, 0) is 20.9 Å². The summed E-state index contributed by atoms with van der Waals surface area (Å²) in [5.74, 6) is 5.16. The highest BCUT2D eigenvalue weighted by atomic mass is 35.5. The zero-order valence-electron chi connectivity index (χ0n) is 26.5.